The number of nitrogens with one attached hydrogen (secondary N) is 1. The zero-order valence-corrected chi connectivity index (χ0v) is 10.2. The first-order chi connectivity index (χ1) is 7.29. The second-order valence-electron chi connectivity index (χ2n) is 4.56. The van der Waals surface area contributed by atoms with Crippen molar-refractivity contribution in [3.63, 3.8) is 0 Å². The molecule has 1 aliphatic rings. The highest BCUT2D eigenvalue weighted by Gasteiger charge is 2.40. The highest BCUT2D eigenvalue weighted by Crippen LogP contribution is 2.27. The molecule has 2 atom stereocenters. The topological polar surface area (TPSA) is 96.2 Å². The number of allylic oxidation sites excluding steroid dienone is 1. The van der Waals surface area contributed by atoms with Gasteiger partial charge in [-0.15, -0.1) is 0 Å². The largest absolute Gasteiger partial charge is 0.402 e. The van der Waals surface area contributed by atoms with Crippen molar-refractivity contribution in [1.82, 2.24) is 4.90 Å². The summed E-state index contributed by atoms with van der Waals surface area (Å²) in [6.45, 7) is 7.29. The molecular weight excluding hydrogens is 204 g/mol. The van der Waals surface area contributed by atoms with Crippen LogP contribution in [-0.4, -0.2) is 28.7 Å². The second kappa shape index (κ2) is 4.25. The average molecular weight is 224 g/mol. The van der Waals surface area contributed by atoms with Gasteiger partial charge in [0.05, 0.1) is 6.04 Å². The van der Waals surface area contributed by atoms with Gasteiger partial charge in [0.1, 0.15) is 5.84 Å². The lowest BCUT2D eigenvalue weighted by molar-refractivity contribution is -0.131. The summed E-state index contributed by atoms with van der Waals surface area (Å²) in [5.41, 5.74) is 12.9. The lowest BCUT2D eigenvalue weighted by atomic mass is 9.85. The molecule has 90 valence electrons. The van der Waals surface area contributed by atoms with Crippen LogP contribution < -0.4 is 11.5 Å². The number of hydrogen-bond donors (Lipinski definition) is 3. The zero-order chi connectivity index (χ0) is 12.6. The Labute approximate surface area is 96.0 Å². The van der Waals surface area contributed by atoms with Gasteiger partial charge in [0.25, 0.3) is 0 Å². The van der Waals surface area contributed by atoms with E-state index in [0.29, 0.717) is 11.3 Å². The molecule has 0 radical (unpaired) electrons. The third-order valence-electron chi connectivity index (χ3n) is 2.95. The molecule has 0 spiro atoms. The van der Waals surface area contributed by atoms with E-state index in [0.717, 1.165) is 0 Å². The summed E-state index contributed by atoms with van der Waals surface area (Å²) in [5, 5.41) is 8.03. The van der Waals surface area contributed by atoms with E-state index in [1.54, 1.807) is 6.92 Å². The predicted molar refractivity (Wildman–Crippen MR) is 63.7 cm³/mol. The van der Waals surface area contributed by atoms with Gasteiger partial charge in [0.15, 0.2) is 0 Å². The number of amidine groups is 1. The van der Waals surface area contributed by atoms with Crippen LogP contribution in [0.5, 0.6) is 0 Å². The van der Waals surface area contributed by atoms with Crippen LogP contribution >= 0.6 is 0 Å². The van der Waals surface area contributed by atoms with Crippen LogP contribution in [0.15, 0.2) is 11.3 Å². The summed E-state index contributed by atoms with van der Waals surface area (Å²) >= 11 is 0. The van der Waals surface area contributed by atoms with Crippen LogP contribution in [0.3, 0.4) is 0 Å². The van der Waals surface area contributed by atoms with Crippen LogP contribution in [0.4, 0.5) is 0 Å². The minimum Gasteiger partial charge on any atom is -0.402 e. The maximum Gasteiger partial charge on any atom is 0.245 e. The first-order valence-corrected chi connectivity index (χ1v) is 5.42. The molecule has 1 heterocycles. The van der Waals surface area contributed by atoms with Gasteiger partial charge < -0.3 is 11.5 Å². The second-order valence-corrected chi connectivity index (χ2v) is 4.56. The molecule has 1 aliphatic heterocycles. The number of amides is 1. The van der Waals surface area contributed by atoms with Crippen molar-refractivity contribution < 1.29 is 4.79 Å². The van der Waals surface area contributed by atoms with Gasteiger partial charge in [-0.25, -0.2) is 0 Å². The van der Waals surface area contributed by atoms with Gasteiger partial charge in [-0.05, 0) is 20.8 Å². The summed E-state index contributed by atoms with van der Waals surface area (Å²) in [6, 6.07) is -0.683. The van der Waals surface area contributed by atoms with Crippen LogP contribution in [0.25, 0.3) is 0 Å². The zero-order valence-electron chi connectivity index (χ0n) is 10.2. The van der Waals surface area contributed by atoms with Crippen molar-refractivity contribution in [3.8, 4) is 0 Å². The summed E-state index contributed by atoms with van der Waals surface area (Å²) in [7, 11) is 0. The Bertz CT molecular complexity index is 355. The van der Waals surface area contributed by atoms with E-state index in [1.807, 2.05) is 20.8 Å². The molecule has 0 aromatic heterocycles. The minimum absolute atomic E-state index is 0.0760. The van der Waals surface area contributed by atoms with Crippen LogP contribution in [-0.2, 0) is 4.79 Å². The van der Waals surface area contributed by atoms with Crippen molar-refractivity contribution >= 4 is 11.7 Å². The normalized spacial score (nSPS) is 30.0. The van der Waals surface area contributed by atoms with Gasteiger partial charge in [-0.1, -0.05) is 6.92 Å². The summed E-state index contributed by atoms with van der Waals surface area (Å²) < 4.78 is 0. The minimum atomic E-state index is -0.606. The van der Waals surface area contributed by atoms with Crippen LogP contribution in [0.2, 0.25) is 0 Å². The molecular formula is C11H20N4O. The molecule has 5 heteroatoms. The summed E-state index contributed by atoms with van der Waals surface area (Å²) in [5.74, 6) is -0.202. The summed E-state index contributed by atoms with van der Waals surface area (Å²) in [6.07, 6.45) is 0. The Morgan fingerprint density at radius 2 is 2.00 bits per heavy atom. The molecule has 5 N–H and O–H groups in total. The Morgan fingerprint density at radius 3 is 2.38 bits per heavy atom. The van der Waals surface area contributed by atoms with Gasteiger partial charge in [0.2, 0.25) is 5.91 Å². The SMILES string of the molecule is C/C(N)=C1/C(=N)N(C(C)C)C(=O)C(N)C1C. The highest BCUT2D eigenvalue weighted by molar-refractivity contribution is 6.11. The van der Waals surface area contributed by atoms with Gasteiger partial charge in [-0.2, -0.15) is 0 Å². The van der Waals surface area contributed by atoms with Crippen molar-refractivity contribution in [2.75, 3.05) is 0 Å². The molecule has 5 nitrogen and oxygen atoms in total. The fraction of sp³-hybridized carbons (Fsp3) is 0.636. The lowest BCUT2D eigenvalue weighted by Crippen LogP contribution is -2.58. The van der Waals surface area contributed by atoms with Crippen molar-refractivity contribution in [1.29, 1.82) is 5.41 Å². The smallest absolute Gasteiger partial charge is 0.245 e. The van der Waals surface area contributed by atoms with Crippen LogP contribution in [0.1, 0.15) is 27.7 Å². The predicted octanol–water partition coefficient (Wildman–Crippen LogP) is 0.410. The van der Waals surface area contributed by atoms with E-state index in [1.165, 1.54) is 4.90 Å². The quantitative estimate of drug-likeness (QED) is 0.602. The molecule has 0 saturated carbocycles. The molecule has 1 saturated heterocycles. The van der Waals surface area contributed by atoms with E-state index in [-0.39, 0.29) is 23.7 Å². The third kappa shape index (κ3) is 1.82. The van der Waals surface area contributed by atoms with Crippen molar-refractivity contribution in [2.24, 2.45) is 17.4 Å². The molecule has 0 aromatic rings. The first-order valence-electron chi connectivity index (χ1n) is 5.42. The highest BCUT2D eigenvalue weighted by atomic mass is 16.2. The van der Waals surface area contributed by atoms with Crippen molar-refractivity contribution in [3.05, 3.63) is 11.3 Å². The molecule has 0 aromatic carbocycles. The molecule has 1 fully saturated rings. The lowest BCUT2D eigenvalue weighted by Gasteiger charge is -2.39. The number of hydrogen-bond acceptors (Lipinski definition) is 4. The number of nitrogens with zero attached hydrogens (tertiary/aromatic N) is 1. The monoisotopic (exact) mass is 224 g/mol. The molecule has 0 aliphatic carbocycles. The Balaban J connectivity index is 3.24. The number of rotatable bonds is 1. The van der Waals surface area contributed by atoms with Gasteiger partial charge >= 0.3 is 0 Å². The fourth-order valence-electron chi connectivity index (χ4n) is 2.07. The standard InChI is InChI=1S/C11H20N4O/c1-5(2)15-10(14)8(7(4)12)6(3)9(13)11(15)16/h5-6,9,14H,12-13H2,1-4H3/b8-7-,14-10?. The third-order valence-corrected chi connectivity index (χ3v) is 2.95. The molecule has 2 unspecified atom stereocenters. The van der Waals surface area contributed by atoms with Gasteiger partial charge in [0, 0.05) is 23.2 Å². The van der Waals surface area contributed by atoms with E-state index >= 15 is 0 Å². The van der Waals surface area contributed by atoms with E-state index in [4.69, 9.17) is 16.9 Å². The molecule has 0 bridgehead atoms. The number of piperidine rings is 1. The van der Waals surface area contributed by atoms with Gasteiger partial charge in [-0.3, -0.25) is 15.1 Å². The van der Waals surface area contributed by atoms with E-state index in [9.17, 15) is 4.79 Å². The number of nitrogens with two attached hydrogens (primary N) is 2. The van der Waals surface area contributed by atoms with Crippen LogP contribution in [0, 0.1) is 11.3 Å². The number of likely N-dealkylation sites (tertiary alicyclic amines) is 1. The maximum absolute atomic E-state index is 12.0. The van der Waals surface area contributed by atoms with E-state index < -0.39 is 6.04 Å². The maximum atomic E-state index is 12.0. The molecule has 16 heavy (non-hydrogen) atoms. The summed E-state index contributed by atoms with van der Waals surface area (Å²) in [4.78, 5) is 13.4. The molecule has 1 rings (SSSR count). The fourth-order valence-corrected chi connectivity index (χ4v) is 2.07. The van der Waals surface area contributed by atoms with E-state index in [2.05, 4.69) is 0 Å². The van der Waals surface area contributed by atoms with Crippen molar-refractivity contribution in [2.45, 2.75) is 39.8 Å². The number of carbonyl (C=O) groups is 1. The first kappa shape index (κ1) is 12.7. The number of carbonyl (C=O) groups excluding carboxylic acids is 1. The molecule has 1 amide bonds. The Morgan fingerprint density at radius 1 is 1.50 bits per heavy atom. The Kier molecular flexibility index (Phi) is 3.38. The Hall–Kier alpha value is -1.36. The average Bonchev–Trinajstić information content (AvgIpc) is 2.13.